The quantitative estimate of drug-likeness (QED) is 0.768. The Morgan fingerprint density at radius 1 is 1.22 bits per heavy atom. The summed E-state index contributed by atoms with van der Waals surface area (Å²) in [5.74, 6) is -0.914. The van der Waals surface area contributed by atoms with Crippen LogP contribution >= 0.6 is 0 Å². The Bertz CT molecular complexity index is 444. The van der Waals surface area contributed by atoms with E-state index in [1.54, 1.807) is 34.6 Å². The highest BCUT2D eigenvalue weighted by Crippen LogP contribution is 2.33. The van der Waals surface area contributed by atoms with Gasteiger partial charge < -0.3 is 19.8 Å². The molecule has 0 aromatic rings. The van der Waals surface area contributed by atoms with Gasteiger partial charge in [0.25, 0.3) is 0 Å². The predicted molar refractivity (Wildman–Crippen MR) is 86.3 cm³/mol. The summed E-state index contributed by atoms with van der Waals surface area (Å²) >= 11 is 0. The van der Waals surface area contributed by atoms with Gasteiger partial charge in [0.2, 0.25) is 0 Å². The highest BCUT2D eigenvalue weighted by atomic mass is 16.6. The summed E-state index contributed by atoms with van der Waals surface area (Å²) in [6.07, 6.45) is -0.506. The first-order valence-corrected chi connectivity index (χ1v) is 7.95. The molecule has 0 atom stereocenters. The number of likely N-dealkylation sites (tertiary alicyclic amines) is 1. The molecule has 1 amide bonds. The summed E-state index contributed by atoms with van der Waals surface area (Å²) in [6.45, 7) is 12.2. The third-order valence-corrected chi connectivity index (χ3v) is 3.73. The maximum atomic E-state index is 12.1. The van der Waals surface area contributed by atoms with Gasteiger partial charge in [0.15, 0.2) is 0 Å². The molecule has 0 aliphatic carbocycles. The minimum atomic E-state index is -0.937. The fraction of sp³-hybridized carbons (Fsp3) is 0.875. The summed E-state index contributed by atoms with van der Waals surface area (Å²) in [4.78, 5) is 26.8. The first kappa shape index (κ1) is 19.7. The number of carbonyl (C=O) groups excluding carboxylic acids is 1. The smallest absolute Gasteiger partial charge is 0.410 e. The topological polar surface area (TPSA) is 90.3 Å². The Balaban J connectivity index is 2.84. The van der Waals surface area contributed by atoms with Crippen molar-refractivity contribution < 1.29 is 24.5 Å². The van der Waals surface area contributed by atoms with Crippen LogP contribution in [0.25, 0.3) is 0 Å². The molecule has 0 bridgehead atoms. The molecule has 0 spiro atoms. The van der Waals surface area contributed by atoms with E-state index in [9.17, 15) is 19.8 Å². The molecule has 0 aromatic carbocycles. The van der Waals surface area contributed by atoms with E-state index >= 15 is 0 Å². The molecular weight excluding hydrogens is 300 g/mol. The van der Waals surface area contributed by atoms with E-state index in [4.69, 9.17) is 4.74 Å². The van der Waals surface area contributed by atoms with E-state index in [0.29, 0.717) is 13.1 Å². The molecule has 23 heavy (non-hydrogen) atoms. The number of carboxylic acids is 1. The van der Waals surface area contributed by atoms with Crippen molar-refractivity contribution in [3.05, 3.63) is 0 Å². The van der Waals surface area contributed by atoms with Crippen LogP contribution in [0.3, 0.4) is 0 Å². The van der Waals surface area contributed by atoms with E-state index in [-0.39, 0.29) is 19.5 Å². The molecule has 0 aromatic heterocycles. The lowest BCUT2D eigenvalue weighted by Gasteiger charge is -2.55. The molecule has 2 N–H and O–H groups in total. The molecule has 1 fully saturated rings. The monoisotopic (exact) mass is 330 g/mol. The molecule has 0 saturated carbocycles. The molecule has 1 aliphatic rings. The van der Waals surface area contributed by atoms with Crippen molar-refractivity contribution in [1.82, 2.24) is 9.80 Å². The Labute approximate surface area is 138 Å². The van der Waals surface area contributed by atoms with Gasteiger partial charge in [-0.05, 0) is 41.2 Å². The normalized spacial score (nSPS) is 17.8. The van der Waals surface area contributed by atoms with Gasteiger partial charge in [-0.25, -0.2) is 4.79 Å². The minimum Gasteiger partial charge on any atom is -0.481 e. The maximum Gasteiger partial charge on any atom is 0.410 e. The van der Waals surface area contributed by atoms with Crippen LogP contribution in [-0.4, -0.2) is 75.0 Å². The zero-order valence-electron chi connectivity index (χ0n) is 15.0. The Morgan fingerprint density at radius 3 is 2.09 bits per heavy atom. The van der Waals surface area contributed by atoms with E-state index in [1.165, 1.54) is 4.90 Å². The molecule has 134 valence electrons. The highest BCUT2D eigenvalue weighted by Gasteiger charge is 2.52. The average molecular weight is 330 g/mol. The van der Waals surface area contributed by atoms with Crippen molar-refractivity contribution in [2.75, 3.05) is 26.2 Å². The second kappa shape index (κ2) is 6.65. The number of carboxylic acid groups (broad SMARTS) is 1. The van der Waals surface area contributed by atoms with E-state index in [0.717, 1.165) is 0 Å². The van der Waals surface area contributed by atoms with Crippen LogP contribution < -0.4 is 0 Å². The number of amides is 1. The number of nitrogens with zero attached hydrogens (tertiary/aromatic N) is 2. The maximum absolute atomic E-state index is 12.1. The summed E-state index contributed by atoms with van der Waals surface area (Å²) in [6, 6.07) is 0. The molecular formula is C16H30N2O5. The lowest BCUT2D eigenvalue weighted by Crippen LogP contribution is -2.73. The van der Waals surface area contributed by atoms with Crippen molar-refractivity contribution in [1.29, 1.82) is 0 Å². The van der Waals surface area contributed by atoms with Gasteiger partial charge in [-0.1, -0.05) is 6.92 Å². The number of hydrogen-bond acceptors (Lipinski definition) is 5. The van der Waals surface area contributed by atoms with Gasteiger partial charge in [-0.2, -0.15) is 0 Å². The first-order chi connectivity index (χ1) is 10.3. The van der Waals surface area contributed by atoms with Gasteiger partial charge in [0, 0.05) is 19.6 Å². The van der Waals surface area contributed by atoms with Crippen LogP contribution in [0.4, 0.5) is 4.79 Å². The number of β-amino-alcohol motifs (C(OH)–C–C–N with tert-alkyl or cyclic N) is 1. The predicted octanol–water partition coefficient (Wildman–Crippen LogP) is 1.54. The van der Waals surface area contributed by atoms with Crippen LogP contribution in [0.2, 0.25) is 0 Å². The number of rotatable bonds is 6. The second-order valence-electron chi connectivity index (χ2n) is 7.96. The van der Waals surface area contributed by atoms with Crippen molar-refractivity contribution in [2.24, 2.45) is 0 Å². The number of hydrogen-bond donors (Lipinski definition) is 2. The Hall–Kier alpha value is -1.34. The zero-order chi connectivity index (χ0) is 18.1. The fourth-order valence-electron chi connectivity index (χ4n) is 2.91. The highest BCUT2D eigenvalue weighted by molar-refractivity contribution is 5.73. The zero-order valence-corrected chi connectivity index (χ0v) is 15.0. The standard InChI is InChI=1S/C16H30N2O5/c1-7-18(9-15(5,6)22)16(8-12(19)20)10-17(11-16)13(21)23-14(2,3)4/h22H,7-11H2,1-6H3,(H,19,20). The second-order valence-corrected chi connectivity index (χ2v) is 7.96. The van der Waals surface area contributed by atoms with E-state index in [2.05, 4.69) is 0 Å². The molecule has 1 rings (SSSR count). The molecule has 1 saturated heterocycles. The number of likely N-dealkylation sites (N-methyl/N-ethyl adjacent to an activating group) is 1. The molecule has 0 radical (unpaired) electrons. The number of aliphatic carboxylic acids is 1. The molecule has 1 heterocycles. The largest absolute Gasteiger partial charge is 0.481 e. The van der Waals surface area contributed by atoms with Gasteiger partial charge in [0.05, 0.1) is 17.6 Å². The number of aliphatic hydroxyl groups is 1. The van der Waals surface area contributed by atoms with Crippen molar-refractivity contribution in [3.8, 4) is 0 Å². The van der Waals surface area contributed by atoms with Gasteiger partial charge >= 0.3 is 12.1 Å². The molecule has 7 heteroatoms. The third-order valence-electron chi connectivity index (χ3n) is 3.73. The van der Waals surface area contributed by atoms with Gasteiger partial charge in [-0.3, -0.25) is 9.69 Å². The lowest BCUT2D eigenvalue weighted by atomic mass is 9.83. The van der Waals surface area contributed by atoms with E-state index < -0.39 is 28.8 Å². The number of carbonyl (C=O) groups is 2. The van der Waals surface area contributed by atoms with Crippen LogP contribution in [0.1, 0.15) is 48.0 Å². The SMILES string of the molecule is CCN(CC(C)(C)O)C1(CC(=O)O)CN(C(=O)OC(C)(C)C)C1. The molecule has 1 aliphatic heterocycles. The lowest BCUT2D eigenvalue weighted by molar-refractivity contribution is -0.148. The van der Waals surface area contributed by atoms with E-state index in [1.807, 2.05) is 11.8 Å². The van der Waals surface area contributed by atoms with Crippen molar-refractivity contribution >= 4 is 12.1 Å². The average Bonchev–Trinajstić information content (AvgIpc) is 2.26. The summed E-state index contributed by atoms with van der Waals surface area (Å²) < 4.78 is 5.33. The van der Waals surface area contributed by atoms with Crippen LogP contribution in [0.15, 0.2) is 0 Å². The minimum absolute atomic E-state index is 0.0732. The van der Waals surface area contributed by atoms with Crippen molar-refractivity contribution in [2.45, 2.75) is 64.7 Å². The fourth-order valence-corrected chi connectivity index (χ4v) is 2.91. The summed E-state index contributed by atoms with van der Waals surface area (Å²) in [7, 11) is 0. The summed E-state index contributed by atoms with van der Waals surface area (Å²) in [5, 5.41) is 19.3. The Kier molecular flexibility index (Phi) is 5.70. The Morgan fingerprint density at radius 2 is 1.74 bits per heavy atom. The van der Waals surface area contributed by atoms with Crippen LogP contribution in [0.5, 0.6) is 0 Å². The first-order valence-electron chi connectivity index (χ1n) is 7.95. The molecule has 7 nitrogen and oxygen atoms in total. The summed E-state index contributed by atoms with van der Waals surface area (Å²) in [5.41, 5.74) is -2.18. The third kappa shape index (κ3) is 5.66. The molecule has 0 unspecified atom stereocenters. The van der Waals surface area contributed by atoms with Crippen molar-refractivity contribution in [3.63, 3.8) is 0 Å². The van der Waals surface area contributed by atoms with Gasteiger partial charge in [0.1, 0.15) is 5.60 Å². The number of ether oxygens (including phenoxy) is 1. The van der Waals surface area contributed by atoms with Gasteiger partial charge in [-0.15, -0.1) is 0 Å². The van der Waals surface area contributed by atoms with Crippen LogP contribution in [0, 0.1) is 0 Å². The van der Waals surface area contributed by atoms with Crippen LogP contribution in [-0.2, 0) is 9.53 Å².